The van der Waals surface area contributed by atoms with E-state index in [0.717, 1.165) is 54.8 Å². The van der Waals surface area contributed by atoms with Crippen molar-refractivity contribution >= 4 is 119 Å². The molecule has 18 aromatic carbocycles. The van der Waals surface area contributed by atoms with Gasteiger partial charge in [0.05, 0.1) is 0 Å². The Kier molecular flexibility index (Phi) is 12.1. The Bertz CT molecular complexity index is 6450. The van der Waals surface area contributed by atoms with Gasteiger partial charge in [0.2, 0.25) is 0 Å². The molecule has 2 heterocycles. The lowest BCUT2D eigenvalue weighted by molar-refractivity contribution is 0.669. The third-order valence-electron chi connectivity index (χ3n) is 20.3. The van der Waals surface area contributed by atoms with Crippen LogP contribution in [0.3, 0.4) is 0 Å². The molecule has 0 aliphatic carbocycles. The maximum atomic E-state index is 6.89. The molecule has 0 fully saturated rings. The first-order valence-electron chi connectivity index (χ1n) is 33.1. The van der Waals surface area contributed by atoms with Crippen LogP contribution < -0.4 is 0 Å². The minimum Gasteiger partial charge on any atom is -0.456 e. The van der Waals surface area contributed by atoms with Crippen molar-refractivity contribution < 1.29 is 8.83 Å². The quantitative estimate of drug-likeness (QED) is 0.142. The maximum Gasteiger partial charge on any atom is 0.136 e. The summed E-state index contributed by atoms with van der Waals surface area (Å²) in [4.78, 5) is 0. The van der Waals surface area contributed by atoms with E-state index < -0.39 is 0 Å². The topological polar surface area (TPSA) is 26.3 Å². The van der Waals surface area contributed by atoms with Gasteiger partial charge in [0, 0.05) is 21.5 Å². The molecule has 444 valence electrons. The lowest BCUT2D eigenvalue weighted by atomic mass is 9.84. The van der Waals surface area contributed by atoms with Crippen molar-refractivity contribution in [1.29, 1.82) is 0 Å². The highest BCUT2D eigenvalue weighted by Crippen LogP contribution is 2.50. The van der Waals surface area contributed by atoms with E-state index in [0.29, 0.717) is 0 Å². The Labute approximate surface area is 553 Å². The normalized spacial score (nSPS) is 12.0. The smallest absolute Gasteiger partial charge is 0.136 e. The van der Waals surface area contributed by atoms with Gasteiger partial charge >= 0.3 is 0 Å². The van der Waals surface area contributed by atoms with Crippen LogP contribution in [0.1, 0.15) is 0 Å². The van der Waals surface area contributed by atoms with Gasteiger partial charge in [0.15, 0.2) is 0 Å². The van der Waals surface area contributed by atoms with Gasteiger partial charge in [0.1, 0.15) is 22.3 Å². The first kappa shape index (κ1) is 54.0. The largest absolute Gasteiger partial charge is 0.456 e. The molecule has 20 rings (SSSR count). The van der Waals surface area contributed by atoms with Gasteiger partial charge in [-0.1, -0.05) is 261 Å². The molecule has 20 aromatic rings. The average Bonchev–Trinajstić information content (AvgIpc) is 0.909. The monoisotopic (exact) mass is 1220 g/mol. The molecule has 0 aliphatic heterocycles. The summed E-state index contributed by atoms with van der Waals surface area (Å²) in [6.07, 6.45) is 0. The van der Waals surface area contributed by atoms with Crippen LogP contribution in [0, 0.1) is 0 Å². The Hall–Kier alpha value is -12.6. The van der Waals surface area contributed by atoms with E-state index in [2.05, 4.69) is 340 Å². The van der Waals surface area contributed by atoms with E-state index in [4.69, 9.17) is 8.83 Å². The highest BCUT2D eigenvalue weighted by molar-refractivity contribution is 6.25. The predicted octanol–water partition coefficient (Wildman–Crippen LogP) is 26.9. The predicted molar refractivity (Wildman–Crippen MR) is 407 cm³/mol. The summed E-state index contributed by atoms with van der Waals surface area (Å²) < 4.78 is 13.4. The van der Waals surface area contributed by atoms with Crippen molar-refractivity contribution in [2.45, 2.75) is 0 Å². The number of hydrogen-bond acceptors (Lipinski definition) is 2. The maximum absolute atomic E-state index is 6.89. The van der Waals surface area contributed by atoms with E-state index in [1.54, 1.807) is 0 Å². The van der Waals surface area contributed by atoms with Gasteiger partial charge in [-0.25, -0.2) is 0 Å². The Balaban J connectivity index is 0.665. The van der Waals surface area contributed by atoms with E-state index in [-0.39, 0.29) is 0 Å². The second-order valence-corrected chi connectivity index (χ2v) is 25.7. The number of rotatable bonds is 8. The molecule has 0 unspecified atom stereocenters. The second kappa shape index (κ2) is 21.5. The van der Waals surface area contributed by atoms with E-state index in [9.17, 15) is 0 Å². The fourth-order valence-corrected chi connectivity index (χ4v) is 16.0. The van der Waals surface area contributed by atoms with Gasteiger partial charge in [0.25, 0.3) is 0 Å². The van der Waals surface area contributed by atoms with Crippen LogP contribution in [0.2, 0.25) is 0 Å². The molecule has 0 amide bonds. The summed E-state index contributed by atoms with van der Waals surface area (Å²) in [5.41, 5.74) is 22.6. The van der Waals surface area contributed by atoms with Crippen molar-refractivity contribution in [2.75, 3.05) is 0 Å². The van der Waals surface area contributed by atoms with E-state index in [1.807, 2.05) is 0 Å². The van der Waals surface area contributed by atoms with E-state index in [1.165, 1.54) is 153 Å². The van der Waals surface area contributed by atoms with Crippen LogP contribution >= 0.6 is 0 Å². The molecule has 2 heteroatoms. The van der Waals surface area contributed by atoms with Crippen LogP contribution in [-0.4, -0.2) is 0 Å². The lowest BCUT2D eigenvalue weighted by Crippen LogP contribution is -1.92. The Morgan fingerprint density at radius 1 is 0.135 bits per heavy atom. The first-order valence-corrected chi connectivity index (χ1v) is 33.1. The van der Waals surface area contributed by atoms with Crippen LogP contribution in [0.15, 0.2) is 349 Å². The number of furan rings is 2. The fraction of sp³-hybridized carbons (Fsp3) is 0. The fourth-order valence-electron chi connectivity index (χ4n) is 16.0. The molecular weight excluding hydrogens is 1160 g/mol. The van der Waals surface area contributed by atoms with Crippen LogP contribution in [0.4, 0.5) is 0 Å². The molecule has 0 spiro atoms. The zero-order chi connectivity index (χ0) is 63.0. The van der Waals surface area contributed by atoms with Crippen LogP contribution in [-0.2, 0) is 0 Å². The Morgan fingerprint density at radius 2 is 0.469 bits per heavy atom. The number of hydrogen-bond donors (Lipinski definition) is 0. The number of benzene rings is 18. The number of fused-ring (bicyclic) bond motifs is 13. The molecule has 0 atom stereocenters. The molecule has 0 saturated heterocycles. The summed E-state index contributed by atoms with van der Waals surface area (Å²) in [5.74, 6) is 0. The van der Waals surface area contributed by atoms with Crippen LogP contribution in [0.25, 0.3) is 208 Å². The molecule has 0 aliphatic rings. The van der Waals surface area contributed by atoms with Gasteiger partial charge < -0.3 is 8.83 Å². The third-order valence-corrected chi connectivity index (χ3v) is 20.3. The van der Waals surface area contributed by atoms with Gasteiger partial charge in [-0.15, -0.1) is 0 Å². The van der Waals surface area contributed by atoms with Crippen molar-refractivity contribution in [3.8, 4) is 89.0 Å². The van der Waals surface area contributed by atoms with Gasteiger partial charge in [-0.2, -0.15) is 0 Å². The minimum atomic E-state index is 0.869. The van der Waals surface area contributed by atoms with Gasteiger partial charge in [-0.3, -0.25) is 0 Å². The standard InChI is InChI=1S/C94H56O2/c1-3-20-57(21-4-1)68-48-69(58-22-5-2-6-23-58)50-70(49-68)94-80-36-15-13-34-78(80)93(79-35-14-16-37-81(79)94)67-42-45-88-84(54-67)86-52-64-28-19-39-73(82(64)56-90(86)96-88)72-38-18-27-63-46-62(40-43-71(63)72)59-26-17-29-65(47-59)91-74-30-9-11-32-76(74)92(77-33-12-10-31-75(77)91)66-41-44-87-83(53-66)85-51-60-24-7-8-25-61(60)55-89(85)95-87/h1-56H. The molecule has 96 heavy (non-hydrogen) atoms. The summed E-state index contributed by atoms with van der Waals surface area (Å²) in [7, 11) is 0. The summed E-state index contributed by atoms with van der Waals surface area (Å²) in [6.45, 7) is 0. The third kappa shape index (κ3) is 8.59. The molecule has 0 bridgehead atoms. The van der Waals surface area contributed by atoms with Gasteiger partial charge in [-0.05, 0) is 243 Å². The summed E-state index contributed by atoms with van der Waals surface area (Å²) >= 11 is 0. The molecule has 2 nitrogen and oxygen atoms in total. The molecule has 2 aromatic heterocycles. The van der Waals surface area contributed by atoms with Crippen molar-refractivity contribution in [3.63, 3.8) is 0 Å². The lowest BCUT2D eigenvalue weighted by Gasteiger charge is -2.19. The molecule has 0 saturated carbocycles. The highest BCUT2D eigenvalue weighted by atomic mass is 16.3. The van der Waals surface area contributed by atoms with E-state index >= 15 is 0 Å². The minimum absolute atomic E-state index is 0.869. The van der Waals surface area contributed by atoms with Crippen molar-refractivity contribution in [1.82, 2.24) is 0 Å². The SMILES string of the molecule is c1ccc(-c2cc(-c3ccccc3)cc(-c3c4ccccc4c(-c4ccc5oc6cc7c(-c8cccc9cc(-c%10cccc(-c%11c%12ccccc%12c(-c%12ccc%13oc%14cc%15ccccc%15cc%14c%13c%12)c%12ccccc%11%12)c%10)ccc89)cccc7cc6c5c4)c4ccccc34)c2)cc1. The molecular formula is C94H56O2. The highest BCUT2D eigenvalue weighted by Gasteiger charge is 2.23. The summed E-state index contributed by atoms with van der Waals surface area (Å²) in [5, 5.41) is 21.3. The van der Waals surface area contributed by atoms with Crippen molar-refractivity contribution in [3.05, 3.63) is 340 Å². The first-order chi connectivity index (χ1) is 47.6. The van der Waals surface area contributed by atoms with Crippen LogP contribution in [0.5, 0.6) is 0 Å². The summed E-state index contributed by atoms with van der Waals surface area (Å²) in [6, 6.07) is 125. The average molecular weight is 1220 g/mol. The molecule has 0 N–H and O–H groups in total. The Morgan fingerprint density at radius 3 is 0.990 bits per heavy atom. The zero-order valence-electron chi connectivity index (χ0n) is 52.1. The second-order valence-electron chi connectivity index (χ2n) is 25.7. The van der Waals surface area contributed by atoms with Crippen molar-refractivity contribution in [2.24, 2.45) is 0 Å². The molecule has 0 radical (unpaired) electrons. The zero-order valence-corrected chi connectivity index (χ0v) is 52.1.